The van der Waals surface area contributed by atoms with Crippen molar-refractivity contribution in [1.82, 2.24) is 14.9 Å². The van der Waals surface area contributed by atoms with E-state index in [2.05, 4.69) is 10.3 Å². The van der Waals surface area contributed by atoms with Gasteiger partial charge in [0, 0.05) is 18.9 Å². The number of hydrogen-bond donors (Lipinski definition) is 1. The maximum absolute atomic E-state index is 12.8. The number of rotatable bonds is 7. The van der Waals surface area contributed by atoms with Gasteiger partial charge in [-0.15, -0.1) is 0 Å². The number of amides is 1. The van der Waals surface area contributed by atoms with Gasteiger partial charge >= 0.3 is 6.18 Å². The standard InChI is InChI=1S/C21H18F3N3O3/c22-21(23,24)18-5-3-11-27(20(18)29)13-19(28)26-12-15-6-8-17(9-7-15)30-14-16-4-1-2-10-25-16/h1-11H,12-14H2,(H,26,28). The maximum Gasteiger partial charge on any atom is 0.421 e. The lowest BCUT2D eigenvalue weighted by Gasteiger charge is -2.11. The van der Waals surface area contributed by atoms with E-state index in [4.69, 9.17) is 4.74 Å². The third kappa shape index (κ3) is 5.69. The van der Waals surface area contributed by atoms with E-state index in [1.54, 1.807) is 30.5 Å². The van der Waals surface area contributed by atoms with Gasteiger partial charge < -0.3 is 14.6 Å². The van der Waals surface area contributed by atoms with E-state index in [0.717, 1.165) is 28.1 Å². The van der Waals surface area contributed by atoms with Gasteiger partial charge in [0.2, 0.25) is 5.91 Å². The van der Waals surface area contributed by atoms with Crippen LogP contribution < -0.4 is 15.6 Å². The average molecular weight is 417 g/mol. The fraction of sp³-hybridized carbons (Fsp3) is 0.190. The molecule has 9 heteroatoms. The van der Waals surface area contributed by atoms with Crippen LogP contribution in [0.4, 0.5) is 13.2 Å². The van der Waals surface area contributed by atoms with Gasteiger partial charge in [-0.1, -0.05) is 18.2 Å². The van der Waals surface area contributed by atoms with Gasteiger partial charge in [0.05, 0.1) is 5.69 Å². The minimum Gasteiger partial charge on any atom is -0.487 e. The largest absolute Gasteiger partial charge is 0.487 e. The Morgan fingerprint density at radius 2 is 1.83 bits per heavy atom. The second kappa shape index (κ2) is 9.25. The molecule has 6 nitrogen and oxygen atoms in total. The highest BCUT2D eigenvalue weighted by atomic mass is 19.4. The number of hydrogen-bond acceptors (Lipinski definition) is 4. The Hall–Kier alpha value is -3.62. The zero-order chi connectivity index (χ0) is 21.6. The van der Waals surface area contributed by atoms with Gasteiger partial charge in [0.25, 0.3) is 5.56 Å². The van der Waals surface area contributed by atoms with Gasteiger partial charge in [-0.25, -0.2) is 0 Å². The number of pyridine rings is 2. The first kappa shape index (κ1) is 21.1. The van der Waals surface area contributed by atoms with E-state index in [1.165, 1.54) is 0 Å². The summed E-state index contributed by atoms with van der Waals surface area (Å²) < 4.78 is 44.7. The van der Waals surface area contributed by atoms with Gasteiger partial charge in [-0.2, -0.15) is 13.2 Å². The van der Waals surface area contributed by atoms with Crippen molar-refractivity contribution < 1.29 is 22.7 Å². The molecule has 2 heterocycles. The SMILES string of the molecule is O=C(Cn1cccc(C(F)(F)F)c1=O)NCc1ccc(OCc2ccccn2)cc1. The van der Waals surface area contributed by atoms with Crippen molar-refractivity contribution >= 4 is 5.91 Å². The molecule has 1 amide bonds. The molecule has 0 spiro atoms. The molecule has 156 valence electrons. The number of aromatic nitrogens is 2. The number of nitrogens with zero attached hydrogens (tertiary/aromatic N) is 2. The molecular formula is C21H18F3N3O3. The molecule has 0 aliphatic heterocycles. The van der Waals surface area contributed by atoms with Crippen LogP contribution in [0.15, 0.2) is 71.8 Å². The van der Waals surface area contributed by atoms with Crippen molar-refractivity contribution in [2.24, 2.45) is 0 Å². The third-order valence-electron chi connectivity index (χ3n) is 4.17. The van der Waals surface area contributed by atoms with Crippen molar-refractivity contribution in [1.29, 1.82) is 0 Å². The van der Waals surface area contributed by atoms with Crippen LogP contribution in [-0.4, -0.2) is 15.5 Å². The summed E-state index contributed by atoms with van der Waals surface area (Å²) in [6.07, 6.45) is -1.94. The average Bonchev–Trinajstić information content (AvgIpc) is 2.73. The molecule has 3 rings (SSSR count). The number of ether oxygens (including phenoxy) is 1. The summed E-state index contributed by atoms with van der Waals surface area (Å²) in [6, 6.07) is 14.3. The van der Waals surface area contributed by atoms with Crippen LogP contribution >= 0.6 is 0 Å². The smallest absolute Gasteiger partial charge is 0.421 e. The lowest BCUT2D eigenvalue weighted by molar-refractivity contribution is -0.139. The normalized spacial score (nSPS) is 11.2. The summed E-state index contributed by atoms with van der Waals surface area (Å²) in [5, 5.41) is 2.58. The Morgan fingerprint density at radius 1 is 1.07 bits per heavy atom. The molecule has 2 aromatic heterocycles. The Morgan fingerprint density at radius 3 is 2.50 bits per heavy atom. The quantitative estimate of drug-likeness (QED) is 0.641. The van der Waals surface area contributed by atoms with Crippen molar-refractivity contribution in [3.8, 4) is 5.75 Å². The molecule has 30 heavy (non-hydrogen) atoms. The number of carbonyl (C=O) groups is 1. The predicted molar refractivity (Wildman–Crippen MR) is 103 cm³/mol. The Labute approximate surface area is 170 Å². The number of halogens is 3. The van der Waals surface area contributed by atoms with Crippen LogP contribution in [0, 0.1) is 0 Å². The summed E-state index contributed by atoms with van der Waals surface area (Å²) in [7, 11) is 0. The summed E-state index contributed by atoms with van der Waals surface area (Å²) >= 11 is 0. The van der Waals surface area contributed by atoms with Crippen molar-refractivity contribution in [3.63, 3.8) is 0 Å². The van der Waals surface area contributed by atoms with Gasteiger partial charge in [0.1, 0.15) is 24.5 Å². The minimum absolute atomic E-state index is 0.160. The lowest BCUT2D eigenvalue weighted by Crippen LogP contribution is -2.34. The molecule has 1 N–H and O–H groups in total. The van der Waals surface area contributed by atoms with Crippen molar-refractivity contribution in [3.05, 3.63) is 94.2 Å². The second-order valence-corrected chi connectivity index (χ2v) is 6.38. The second-order valence-electron chi connectivity index (χ2n) is 6.38. The highest BCUT2D eigenvalue weighted by Gasteiger charge is 2.34. The molecule has 0 bridgehead atoms. The zero-order valence-electron chi connectivity index (χ0n) is 15.7. The summed E-state index contributed by atoms with van der Waals surface area (Å²) in [5.41, 5.74) is -1.00. The highest BCUT2D eigenvalue weighted by molar-refractivity contribution is 5.75. The van der Waals surface area contributed by atoms with Gasteiger partial charge in [-0.3, -0.25) is 14.6 Å². The molecule has 0 atom stereocenters. The monoisotopic (exact) mass is 417 g/mol. The van der Waals surface area contributed by atoms with E-state index < -0.39 is 29.8 Å². The number of alkyl halides is 3. The highest BCUT2D eigenvalue weighted by Crippen LogP contribution is 2.25. The summed E-state index contributed by atoms with van der Waals surface area (Å²) in [5.74, 6) is 0.0538. The van der Waals surface area contributed by atoms with Crippen LogP contribution in [0.2, 0.25) is 0 Å². The van der Waals surface area contributed by atoms with Crippen LogP contribution in [-0.2, 0) is 30.7 Å². The van der Waals surface area contributed by atoms with E-state index in [-0.39, 0.29) is 6.54 Å². The molecular weight excluding hydrogens is 399 g/mol. The predicted octanol–water partition coefficient (Wildman–Crippen LogP) is 3.16. The first-order valence-electron chi connectivity index (χ1n) is 8.98. The fourth-order valence-electron chi connectivity index (χ4n) is 2.63. The van der Waals surface area contributed by atoms with Crippen LogP contribution in [0.3, 0.4) is 0 Å². The lowest BCUT2D eigenvalue weighted by atomic mass is 10.2. The molecule has 0 saturated carbocycles. The number of benzene rings is 1. The van der Waals surface area contributed by atoms with Crippen LogP contribution in [0.1, 0.15) is 16.8 Å². The van der Waals surface area contributed by atoms with Crippen molar-refractivity contribution in [2.75, 3.05) is 0 Å². The summed E-state index contributed by atoms with van der Waals surface area (Å²) in [4.78, 5) is 28.1. The fourth-order valence-corrected chi connectivity index (χ4v) is 2.63. The van der Waals surface area contributed by atoms with Crippen molar-refractivity contribution in [2.45, 2.75) is 25.9 Å². The maximum atomic E-state index is 12.8. The van der Waals surface area contributed by atoms with Crippen LogP contribution in [0.5, 0.6) is 5.75 Å². The molecule has 0 unspecified atom stereocenters. The minimum atomic E-state index is -4.77. The van der Waals surface area contributed by atoms with Gasteiger partial charge in [-0.05, 0) is 42.0 Å². The molecule has 0 radical (unpaired) electrons. The first-order valence-corrected chi connectivity index (χ1v) is 8.98. The zero-order valence-corrected chi connectivity index (χ0v) is 15.7. The third-order valence-corrected chi connectivity index (χ3v) is 4.17. The van der Waals surface area contributed by atoms with Gasteiger partial charge in [0.15, 0.2) is 0 Å². The Bertz CT molecular complexity index is 1050. The van der Waals surface area contributed by atoms with E-state index in [9.17, 15) is 22.8 Å². The van der Waals surface area contributed by atoms with E-state index in [0.29, 0.717) is 18.4 Å². The number of carbonyl (C=O) groups excluding carboxylic acids is 1. The van der Waals surface area contributed by atoms with E-state index in [1.807, 2.05) is 18.2 Å². The molecule has 0 fully saturated rings. The topological polar surface area (TPSA) is 73.2 Å². The Balaban J connectivity index is 1.52. The first-order chi connectivity index (χ1) is 14.3. The molecule has 0 saturated heterocycles. The Kier molecular flexibility index (Phi) is 6.51. The molecule has 0 aliphatic rings. The molecule has 1 aromatic carbocycles. The van der Waals surface area contributed by atoms with Crippen LogP contribution in [0.25, 0.3) is 0 Å². The molecule has 0 aliphatic carbocycles. The number of nitrogens with one attached hydrogen (secondary N) is 1. The van der Waals surface area contributed by atoms with E-state index >= 15 is 0 Å². The molecule has 3 aromatic rings. The summed E-state index contributed by atoms with van der Waals surface area (Å²) in [6.45, 7) is -0.0241.